The normalized spacial score (nSPS) is 14.6. The van der Waals surface area contributed by atoms with E-state index in [-0.39, 0.29) is 23.3 Å². The van der Waals surface area contributed by atoms with E-state index in [2.05, 4.69) is 15.3 Å². The topological polar surface area (TPSA) is 111 Å². The summed E-state index contributed by atoms with van der Waals surface area (Å²) in [5, 5.41) is 21.6. The minimum atomic E-state index is -1.14. The molecule has 0 radical (unpaired) electrons. The van der Waals surface area contributed by atoms with Crippen molar-refractivity contribution in [2.24, 2.45) is 0 Å². The van der Waals surface area contributed by atoms with Gasteiger partial charge in [0, 0.05) is 26.3 Å². The fourth-order valence-corrected chi connectivity index (χ4v) is 2.90. The predicted octanol–water partition coefficient (Wildman–Crippen LogP) is 2.88. The van der Waals surface area contributed by atoms with Crippen molar-refractivity contribution in [1.82, 2.24) is 9.97 Å². The smallest absolute Gasteiger partial charge is 0.354 e. The number of aromatic carboxylic acids is 1. The lowest BCUT2D eigenvalue weighted by molar-refractivity contribution is 0.0690. The van der Waals surface area contributed by atoms with Gasteiger partial charge in [0.1, 0.15) is 16.5 Å². The number of anilines is 2. The zero-order valence-corrected chi connectivity index (χ0v) is 15.5. The molecule has 2 aromatic heterocycles. The third kappa shape index (κ3) is 4.53. The number of carboxylic acid groups (broad SMARTS) is 1. The SMILES string of the molecule is CN(C(=N)c1nc(C(=O)O)ccc1NC1CCOCC1)c1ccc(Cl)nc1. The van der Waals surface area contributed by atoms with Crippen molar-refractivity contribution in [2.45, 2.75) is 18.9 Å². The van der Waals surface area contributed by atoms with Crippen molar-refractivity contribution in [2.75, 3.05) is 30.5 Å². The number of ether oxygens (including phenoxy) is 1. The van der Waals surface area contributed by atoms with Gasteiger partial charge >= 0.3 is 5.97 Å². The second kappa shape index (κ2) is 8.32. The molecule has 0 spiro atoms. The van der Waals surface area contributed by atoms with Gasteiger partial charge in [-0.05, 0) is 37.1 Å². The number of carboxylic acids is 1. The molecule has 0 bridgehead atoms. The minimum absolute atomic E-state index is 0.0526. The van der Waals surface area contributed by atoms with Gasteiger partial charge in [-0.15, -0.1) is 0 Å². The van der Waals surface area contributed by atoms with Gasteiger partial charge in [-0.3, -0.25) is 5.41 Å². The van der Waals surface area contributed by atoms with Crippen molar-refractivity contribution in [3.63, 3.8) is 0 Å². The molecule has 1 saturated heterocycles. The highest BCUT2D eigenvalue weighted by molar-refractivity contribution is 6.29. The molecule has 3 rings (SSSR count). The van der Waals surface area contributed by atoms with Gasteiger partial charge < -0.3 is 20.1 Å². The maximum absolute atomic E-state index is 11.3. The van der Waals surface area contributed by atoms with Crippen LogP contribution in [0.4, 0.5) is 11.4 Å². The summed E-state index contributed by atoms with van der Waals surface area (Å²) in [6.45, 7) is 1.34. The van der Waals surface area contributed by atoms with Crippen LogP contribution < -0.4 is 10.2 Å². The molecular weight excluding hydrogens is 370 g/mol. The zero-order valence-electron chi connectivity index (χ0n) is 14.8. The summed E-state index contributed by atoms with van der Waals surface area (Å²) in [6.07, 6.45) is 3.22. The molecule has 0 aromatic carbocycles. The third-order valence-electron chi connectivity index (χ3n) is 4.35. The first-order chi connectivity index (χ1) is 13.0. The molecule has 1 fully saturated rings. The van der Waals surface area contributed by atoms with Crippen molar-refractivity contribution in [3.8, 4) is 0 Å². The second-order valence-corrected chi connectivity index (χ2v) is 6.56. The van der Waals surface area contributed by atoms with E-state index in [1.807, 2.05) is 0 Å². The van der Waals surface area contributed by atoms with Crippen LogP contribution >= 0.6 is 11.6 Å². The Morgan fingerprint density at radius 2 is 2.07 bits per heavy atom. The lowest BCUT2D eigenvalue weighted by Crippen LogP contribution is -2.32. The Balaban J connectivity index is 1.92. The van der Waals surface area contributed by atoms with Crippen LogP contribution in [0.1, 0.15) is 29.0 Å². The first-order valence-corrected chi connectivity index (χ1v) is 8.86. The van der Waals surface area contributed by atoms with Crippen molar-refractivity contribution >= 4 is 34.8 Å². The Morgan fingerprint density at radius 3 is 2.70 bits per heavy atom. The van der Waals surface area contributed by atoms with E-state index < -0.39 is 5.97 Å². The van der Waals surface area contributed by atoms with Gasteiger partial charge in [-0.1, -0.05) is 11.6 Å². The predicted molar refractivity (Wildman–Crippen MR) is 103 cm³/mol. The van der Waals surface area contributed by atoms with Crippen LogP contribution in [0.5, 0.6) is 0 Å². The number of aromatic nitrogens is 2. The summed E-state index contributed by atoms with van der Waals surface area (Å²) in [6, 6.07) is 6.64. The number of hydrogen-bond donors (Lipinski definition) is 3. The Morgan fingerprint density at radius 1 is 1.33 bits per heavy atom. The molecule has 3 heterocycles. The zero-order chi connectivity index (χ0) is 19.4. The standard InChI is InChI=1S/C18H20ClN5O3/c1-24(12-2-5-15(19)21-10-12)17(20)16-13(3-4-14(23-16)18(25)26)22-11-6-8-27-9-7-11/h2-5,10-11,20,22H,6-9H2,1H3,(H,25,26). The maximum Gasteiger partial charge on any atom is 0.354 e. The van der Waals surface area contributed by atoms with E-state index in [1.54, 1.807) is 36.3 Å². The molecule has 2 aromatic rings. The van der Waals surface area contributed by atoms with E-state index >= 15 is 0 Å². The molecular formula is C18H20ClN5O3. The summed E-state index contributed by atoms with van der Waals surface area (Å²) in [5.41, 5.74) is 1.41. The molecule has 0 unspecified atom stereocenters. The van der Waals surface area contributed by atoms with Crippen molar-refractivity contribution in [3.05, 3.63) is 47.0 Å². The Labute approximate surface area is 161 Å². The fraction of sp³-hybridized carbons (Fsp3) is 0.333. The molecule has 0 amide bonds. The highest BCUT2D eigenvalue weighted by Crippen LogP contribution is 2.23. The molecule has 8 nitrogen and oxygen atoms in total. The number of nitrogens with zero attached hydrogens (tertiary/aromatic N) is 3. The van der Waals surface area contributed by atoms with Gasteiger partial charge in [0.05, 0.1) is 17.6 Å². The molecule has 0 saturated carbocycles. The van der Waals surface area contributed by atoms with Crippen molar-refractivity contribution < 1.29 is 14.6 Å². The van der Waals surface area contributed by atoms with E-state index in [0.717, 1.165) is 12.8 Å². The van der Waals surface area contributed by atoms with Gasteiger partial charge in [0.15, 0.2) is 5.84 Å². The quantitative estimate of drug-likeness (QED) is 0.409. The van der Waals surface area contributed by atoms with Gasteiger partial charge in [-0.2, -0.15) is 0 Å². The first kappa shape index (κ1) is 19.1. The number of halogens is 1. The lowest BCUT2D eigenvalue weighted by Gasteiger charge is -2.26. The molecule has 27 heavy (non-hydrogen) atoms. The monoisotopic (exact) mass is 389 g/mol. The van der Waals surface area contributed by atoms with Crippen LogP contribution in [-0.4, -0.2) is 53.2 Å². The van der Waals surface area contributed by atoms with E-state index in [1.165, 1.54) is 6.07 Å². The number of pyridine rings is 2. The summed E-state index contributed by atoms with van der Waals surface area (Å²) in [4.78, 5) is 21.1. The molecule has 0 atom stereocenters. The van der Waals surface area contributed by atoms with Crippen LogP contribution in [0.3, 0.4) is 0 Å². The lowest BCUT2D eigenvalue weighted by atomic mass is 10.1. The molecule has 1 aliphatic heterocycles. The highest BCUT2D eigenvalue weighted by atomic mass is 35.5. The van der Waals surface area contributed by atoms with Crippen LogP contribution in [0.15, 0.2) is 30.5 Å². The fourth-order valence-electron chi connectivity index (χ4n) is 2.79. The molecule has 142 valence electrons. The summed E-state index contributed by atoms with van der Waals surface area (Å²) in [5.74, 6) is -1.09. The summed E-state index contributed by atoms with van der Waals surface area (Å²) < 4.78 is 5.37. The average Bonchev–Trinajstić information content (AvgIpc) is 2.68. The van der Waals surface area contributed by atoms with Gasteiger partial charge in [0.25, 0.3) is 0 Å². The molecule has 1 aliphatic rings. The third-order valence-corrected chi connectivity index (χ3v) is 4.58. The van der Waals surface area contributed by atoms with Crippen molar-refractivity contribution in [1.29, 1.82) is 5.41 Å². The van der Waals surface area contributed by atoms with Crippen LogP contribution in [0, 0.1) is 5.41 Å². The Bertz CT molecular complexity index is 837. The second-order valence-electron chi connectivity index (χ2n) is 6.18. The van der Waals surface area contributed by atoms with Crippen LogP contribution in [0.25, 0.3) is 0 Å². The van der Waals surface area contributed by atoms with Gasteiger partial charge in [-0.25, -0.2) is 14.8 Å². The molecule has 9 heteroatoms. The molecule has 3 N–H and O–H groups in total. The molecule has 0 aliphatic carbocycles. The first-order valence-electron chi connectivity index (χ1n) is 8.48. The Kier molecular flexibility index (Phi) is 5.88. The van der Waals surface area contributed by atoms with E-state index in [4.69, 9.17) is 21.7 Å². The average molecular weight is 390 g/mol. The van der Waals surface area contributed by atoms with Crippen LogP contribution in [0.2, 0.25) is 5.15 Å². The maximum atomic E-state index is 11.3. The highest BCUT2D eigenvalue weighted by Gasteiger charge is 2.21. The number of nitrogens with one attached hydrogen (secondary N) is 2. The number of hydrogen-bond acceptors (Lipinski definition) is 6. The van der Waals surface area contributed by atoms with E-state index in [0.29, 0.717) is 29.7 Å². The van der Waals surface area contributed by atoms with Gasteiger partial charge in [0.2, 0.25) is 0 Å². The number of carbonyl (C=O) groups is 1. The minimum Gasteiger partial charge on any atom is -0.477 e. The number of amidine groups is 1. The van der Waals surface area contributed by atoms with Crippen LogP contribution in [-0.2, 0) is 4.74 Å². The largest absolute Gasteiger partial charge is 0.477 e. The summed E-state index contributed by atoms with van der Waals surface area (Å²) in [7, 11) is 1.70. The Hall–Kier alpha value is -2.71. The van der Waals surface area contributed by atoms with E-state index in [9.17, 15) is 9.90 Å². The number of rotatable bonds is 5. The summed E-state index contributed by atoms with van der Waals surface area (Å²) >= 11 is 5.82.